The lowest BCUT2D eigenvalue weighted by molar-refractivity contribution is 0.165. The molecule has 4 nitrogen and oxygen atoms in total. The fourth-order valence-electron chi connectivity index (χ4n) is 3.24. The quantitative estimate of drug-likeness (QED) is 0.848. The van der Waals surface area contributed by atoms with E-state index in [1.54, 1.807) is 19.2 Å². The van der Waals surface area contributed by atoms with Gasteiger partial charge in [0.25, 0.3) is 0 Å². The van der Waals surface area contributed by atoms with Gasteiger partial charge < -0.3 is 9.30 Å². The highest BCUT2D eigenvalue weighted by Gasteiger charge is 2.21. The number of nitrogens with zero attached hydrogens (tertiary/aromatic N) is 3. The molecule has 1 aromatic heterocycles. The molecule has 0 N–H and O–H groups in total. The van der Waals surface area contributed by atoms with Gasteiger partial charge in [0.1, 0.15) is 17.4 Å². The van der Waals surface area contributed by atoms with Crippen LogP contribution in [0.5, 0.6) is 5.75 Å². The first-order chi connectivity index (χ1) is 11.2. The van der Waals surface area contributed by atoms with Gasteiger partial charge in [-0.05, 0) is 57.0 Å². The molecule has 1 aliphatic rings. The summed E-state index contributed by atoms with van der Waals surface area (Å²) in [6.45, 7) is 5.75. The number of rotatable bonds is 5. The van der Waals surface area contributed by atoms with Gasteiger partial charge in [-0.2, -0.15) is 0 Å². The minimum atomic E-state index is -0.151. The number of likely N-dealkylation sites (tertiary alicyclic amines) is 1. The third-order valence-corrected chi connectivity index (χ3v) is 4.73. The van der Waals surface area contributed by atoms with Crippen LogP contribution in [0.4, 0.5) is 4.39 Å². The average molecular weight is 317 g/mol. The Morgan fingerprint density at radius 1 is 1.30 bits per heavy atom. The molecule has 0 amide bonds. The van der Waals surface area contributed by atoms with Crippen molar-refractivity contribution < 1.29 is 9.13 Å². The Labute approximate surface area is 136 Å². The second-order valence-electron chi connectivity index (χ2n) is 6.30. The van der Waals surface area contributed by atoms with Gasteiger partial charge >= 0.3 is 0 Å². The summed E-state index contributed by atoms with van der Waals surface area (Å²) in [5.41, 5.74) is 0.716. The molecule has 0 saturated carbocycles. The molecule has 1 fully saturated rings. The number of methoxy groups -OCH3 is 1. The normalized spacial score (nSPS) is 16.7. The predicted molar refractivity (Wildman–Crippen MR) is 87.9 cm³/mol. The molecule has 1 aromatic carbocycles. The second kappa shape index (κ2) is 7.13. The molecular weight excluding hydrogens is 293 g/mol. The van der Waals surface area contributed by atoms with Crippen LogP contribution in [0.3, 0.4) is 0 Å². The van der Waals surface area contributed by atoms with Gasteiger partial charge in [0, 0.05) is 31.0 Å². The molecule has 3 rings (SSSR count). The zero-order chi connectivity index (χ0) is 16.2. The van der Waals surface area contributed by atoms with Crippen LogP contribution >= 0.6 is 0 Å². The van der Waals surface area contributed by atoms with Gasteiger partial charge in [-0.3, -0.25) is 4.90 Å². The molecule has 2 heterocycles. The first-order valence-corrected chi connectivity index (χ1v) is 8.18. The van der Waals surface area contributed by atoms with Crippen LogP contribution in [-0.4, -0.2) is 34.7 Å². The van der Waals surface area contributed by atoms with Crippen molar-refractivity contribution in [2.75, 3.05) is 20.2 Å². The molecule has 0 radical (unpaired) electrons. The van der Waals surface area contributed by atoms with E-state index in [2.05, 4.69) is 14.5 Å². The number of piperidine rings is 1. The Morgan fingerprint density at radius 2 is 2.09 bits per heavy atom. The van der Waals surface area contributed by atoms with Crippen molar-refractivity contribution in [3.05, 3.63) is 47.8 Å². The highest BCUT2D eigenvalue weighted by atomic mass is 19.1. The van der Waals surface area contributed by atoms with Crippen LogP contribution in [0.1, 0.15) is 24.2 Å². The van der Waals surface area contributed by atoms with Crippen molar-refractivity contribution in [2.45, 2.75) is 32.9 Å². The van der Waals surface area contributed by atoms with Crippen molar-refractivity contribution in [3.63, 3.8) is 0 Å². The van der Waals surface area contributed by atoms with E-state index in [4.69, 9.17) is 4.74 Å². The minimum absolute atomic E-state index is 0.151. The molecule has 0 unspecified atom stereocenters. The SMILES string of the molecule is COc1ccc(F)c(CN2CCC(Cn3ccnc3C)CC2)c1. The van der Waals surface area contributed by atoms with Crippen LogP contribution in [0, 0.1) is 18.7 Å². The monoisotopic (exact) mass is 317 g/mol. The summed E-state index contributed by atoms with van der Waals surface area (Å²) in [6, 6.07) is 4.96. The topological polar surface area (TPSA) is 30.3 Å². The summed E-state index contributed by atoms with van der Waals surface area (Å²) in [4.78, 5) is 6.61. The lowest BCUT2D eigenvalue weighted by atomic mass is 9.96. The zero-order valence-corrected chi connectivity index (χ0v) is 13.8. The van der Waals surface area contributed by atoms with E-state index in [1.807, 2.05) is 19.3 Å². The van der Waals surface area contributed by atoms with Crippen LogP contribution in [-0.2, 0) is 13.1 Å². The van der Waals surface area contributed by atoms with Gasteiger partial charge in [-0.1, -0.05) is 0 Å². The van der Waals surface area contributed by atoms with E-state index in [1.165, 1.54) is 6.07 Å². The van der Waals surface area contributed by atoms with Crippen molar-refractivity contribution in [2.24, 2.45) is 5.92 Å². The molecule has 0 spiro atoms. The van der Waals surface area contributed by atoms with E-state index < -0.39 is 0 Å². The third kappa shape index (κ3) is 3.91. The van der Waals surface area contributed by atoms with Gasteiger partial charge in [-0.15, -0.1) is 0 Å². The van der Waals surface area contributed by atoms with Crippen molar-refractivity contribution in [3.8, 4) is 5.75 Å². The van der Waals surface area contributed by atoms with Crippen LogP contribution < -0.4 is 4.74 Å². The number of halogens is 1. The summed E-state index contributed by atoms with van der Waals surface area (Å²) in [6.07, 6.45) is 6.19. The van der Waals surface area contributed by atoms with Crippen LogP contribution in [0.25, 0.3) is 0 Å². The Kier molecular flexibility index (Phi) is 4.96. The van der Waals surface area contributed by atoms with Gasteiger partial charge in [-0.25, -0.2) is 9.37 Å². The molecule has 2 aromatic rings. The highest BCUT2D eigenvalue weighted by molar-refractivity contribution is 5.29. The molecule has 0 atom stereocenters. The third-order valence-electron chi connectivity index (χ3n) is 4.73. The zero-order valence-electron chi connectivity index (χ0n) is 13.8. The smallest absolute Gasteiger partial charge is 0.127 e. The number of benzene rings is 1. The summed E-state index contributed by atoms with van der Waals surface area (Å²) in [7, 11) is 1.61. The molecular formula is C18H24FN3O. The van der Waals surface area contributed by atoms with Crippen molar-refractivity contribution in [1.29, 1.82) is 0 Å². The average Bonchev–Trinajstić information content (AvgIpc) is 2.96. The largest absolute Gasteiger partial charge is 0.497 e. The maximum Gasteiger partial charge on any atom is 0.127 e. The summed E-state index contributed by atoms with van der Waals surface area (Å²) in [5, 5.41) is 0. The number of ether oxygens (including phenoxy) is 1. The molecule has 0 aliphatic carbocycles. The molecule has 1 saturated heterocycles. The molecule has 23 heavy (non-hydrogen) atoms. The number of hydrogen-bond acceptors (Lipinski definition) is 3. The molecule has 124 valence electrons. The van der Waals surface area contributed by atoms with E-state index in [9.17, 15) is 4.39 Å². The Hall–Kier alpha value is -1.88. The fraction of sp³-hybridized carbons (Fsp3) is 0.500. The lowest BCUT2D eigenvalue weighted by Gasteiger charge is -2.32. The van der Waals surface area contributed by atoms with Crippen molar-refractivity contribution in [1.82, 2.24) is 14.5 Å². The standard InChI is InChI=1S/C18H24FN3O/c1-14-20-7-10-22(14)12-15-5-8-21(9-6-15)13-16-11-17(23-2)3-4-18(16)19/h3-4,7,10-11,15H,5-6,8-9,12-13H2,1-2H3. The highest BCUT2D eigenvalue weighted by Crippen LogP contribution is 2.23. The molecule has 1 aliphatic heterocycles. The Morgan fingerprint density at radius 3 is 2.74 bits per heavy atom. The number of aromatic nitrogens is 2. The first-order valence-electron chi connectivity index (χ1n) is 8.18. The van der Waals surface area contributed by atoms with Gasteiger partial charge in [0.2, 0.25) is 0 Å². The van der Waals surface area contributed by atoms with E-state index in [0.29, 0.717) is 23.8 Å². The van der Waals surface area contributed by atoms with E-state index in [-0.39, 0.29) is 5.82 Å². The maximum absolute atomic E-state index is 13.9. The number of imidazole rings is 1. The Balaban J connectivity index is 1.54. The maximum atomic E-state index is 13.9. The van der Waals surface area contributed by atoms with Crippen LogP contribution in [0.2, 0.25) is 0 Å². The van der Waals surface area contributed by atoms with Gasteiger partial charge in [0.05, 0.1) is 7.11 Å². The fourth-order valence-corrected chi connectivity index (χ4v) is 3.24. The molecule has 5 heteroatoms. The Bertz CT molecular complexity index is 647. The van der Waals surface area contributed by atoms with Crippen molar-refractivity contribution >= 4 is 0 Å². The molecule has 0 bridgehead atoms. The summed E-state index contributed by atoms with van der Waals surface area (Å²) in [5.74, 6) is 2.31. The number of aryl methyl sites for hydroxylation is 1. The van der Waals surface area contributed by atoms with Crippen LogP contribution in [0.15, 0.2) is 30.6 Å². The van der Waals surface area contributed by atoms with E-state index >= 15 is 0 Å². The van der Waals surface area contributed by atoms with Gasteiger partial charge in [0.15, 0.2) is 0 Å². The number of hydrogen-bond donors (Lipinski definition) is 0. The lowest BCUT2D eigenvalue weighted by Crippen LogP contribution is -2.34. The summed E-state index contributed by atoms with van der Waals surface area (Å²) < 4.78 is 21.4. The van der Waals surface area contributed by atoms with E-state index in [0.717, 1.165) is 38.3 Å². The predicted octanol–water partition coefficient (Wildman–Crippen LogP) is 3.25. The minimum Gasteiger partial charge on any atom is -0.497 e. The second-order valence-corrected chi connectivity index (χ2v) is 6.30. The summed E-state index contributed by atoms with van der Waals surface area (Å²) >= 11 is 0. The first kappa shape index (κ1) is 16.0.